The number of hydrogen-bond acceptors (Lipinski definition) is 1. The highest BCUT2D eigenvalue weighted by Crippen LogP contribution is 2.63. The van der Waals surface area contributed by atoms with Gasteiger partial charge in [0.05, 0.1) is 21.8 Å². The number of rotatable bonds is 7. The first-order valence-electron chi connectivity index (χ1n) is 21.9. The Morgan fingerprint density at radius 1 is 0.349 bits per heavy atom. The van der Waals surface area contributed by atoms with Crippen LogP contribution < -0.4 is 25.6 Å². The van der Waals surface area contributed by atoms with Crippen LogP contribution >= 0.6 is 0 Å². The Kier molecular flexibility index (Phi) is 8.67. The molecule has 0 amide bonds. The minimum Gasteiger partial charge on any atom is -0.456 e. The zero-order valence-electron chi connectivity index (χ0n) is 34.7. The normalized spacial score (nSPS) is 14.9. The minimum atomic E-state index is -3.31. The van der Waals surface area contributed by atoms with Crippen LogP contribution in [0.15, 0.2) is 261 Å². The van der Waals surface area contributed by atoms with Crippen LogP contribution in [-0.2, 0) is 10.8 Å². The molecular formula is C60H43NOSi. The zero-order valence-corrected chi connectivity index (χ0v) is 35.7. The van der Waals surface area contributed by atoms with E-state index < -0.39 is 18.9 Å². The lowest BCUT2D eigenvalue weighted by atomic mass is 9.52. The molecule has 2 aliphatic rings. The highest BCUT2D eigenvalue weighted by Gasteiger charge is 2.62. The molecule has 10 aromatic rings. The van der Waals surface area contributed by atoms with Crippen LogP contribution in [0.25, 0.3) is 5.69 Å². The van der Waals surface area contributed by atoms with Crippen LogP contribution in [0.1, 0.15) is 44.6 Å². The summed E-state index contributed by atoms with van der Waals surface area (Å²) in [4.78, 5) is 0. The Bertz CT molecular complexity index is 3100. The topological polar surface area (TPSA) is 14.2 Å². The van der Waals surface area contributed by atoms with Crippen molar-refractivity contribution in [2.24, 2.45) is 0 Å². The van der Waals surface area contributed by atoms with Gasteiger partial charge in [-0.3, -0.25) is 0 Å². The van der Waals surface area contributed by atoms with Gasteiger partial charge in [0.2, 0.25) is 8.07 Å². The fourth-order valence-electron chi connectivity index (χ4n) is 11.4. The highest BCUT2D eigenvalue weighted by atomic mass is 28.3. The standard InChI is InChI=1S/C60H43NOSi/c1-8-26-44(27-9-1)59(45-28-10-2-11-29-45)51-40-22-23-41-52(51)60(46-30-12-3-13-31-46,47-32-14-4-15-33-47)57-55(59)56-58(61(57)48-34-16-5-17-35-48)63(49-36-18-6-19-37-49,50-38-20-7-21-39-50)54-43-25-24-42-53(54)62-56/h1-43H. The Morgan fingerprint density at radius 2 is 0.714 bits per heavy atom. The molecule has 0 saturated carbocycles. The van der Waals surface area contributed by atoms with Crippen LogP contribution in [0.3, 0.4) is 0 Å². The van der Waals surface area contributed by atoms with E-state index in [1.807, 2.05) is 0 Å². The molecule has 0 spiro atoms. The first-order valence-corrected chi connectivity index (χ1v) is 23.9. The van der Waals surface area contributed by atoms with Gasteiger partial charge in [-0.2, -0.15) is 0 Å². The molecule has 298 valence electrons. The second-order valence-corrected chi connectivity index (χ2v) is 20.3. The van der Waals surface area contributed by atoms with Crippen molar-refractivity contribution in [3.05, 3.63) is 305 Å². The van der Waals surface area contributed by atoms with Crippen LogP contribution in [0, 0.1) is 0 Å². The molecule has 0 bridgehead atoms. The lowest BCUT2D eigenvalue weighted by molar-refractivity contribution is 0.470. The third kappa shape index (κ3) is 5.12. The maximum absolute atomic E-state index is 7.87. The van der Waals surface area contributed by atoms with E-state index in [-0.39, 0.29) is 0 Å². The molecule has 2 heterocycles. The van der Waals surface area contributed by atoms with Gasteiger partial charge in [0.1, 0.15) is 5.75 Å². The summed E-state index contributed by atoms with van der Waals surface area (Å²) in [6.07, 6.45) is 0. The summed E-state index contributed by atoms with van der Waals surface area (Å²) in [6, 6.07) is 96.6. The largest absolute Gasteiger partial charge is 0.456 e. The molecule has 0 N–H and O–H groups in total. The molecule has 0 radical (unpaired) electrons. The van der Waals surface area contributed by atoms with Crippen molar-refractivity contribution in [2.45, 2.75) is 10.8 Å². The van der Waals surface area contributed by atoms with Crippen molar-refractivity contribution < 1.29 is 4.74 Å². The summed E-state index contributed by atoms with van der Waals surface area (Å²) in [5.74, 6) is 1.82. The quantitative estimate of drug-likeness (QED) is 0.146. The molecule has 63 heavy (non-hydrogen) atoms. The summed E-state index contributed by atoms with van der Waals surface area (Å²) in [6.45, 7) is 0. The van der Waals surface area contributed by atoms with Gasteiger partial charge in [0.15, 0.2) is 5.75 Å². The number of benzene rings is 9. The fraction of sp³-hybridized carbons (Fsp3) is 0.0333. The lowest BCUT2D eigenvalue weighted by Gasteiger charge is -2.50. The molecule has 0 saturated heterocycles. The molecule has 1 aliphatic carbocycles. The average Bonchev–Trinajstić information content (AvgIpc) is 3.72. The molecule has 0 atom stereocenters. The molecule has 1 aromatic heterocycles. The number of hydrogen-bond donors (Lipinski definition) is 0. The monoisotopic (exact) mass is 821 g/mol. The van der Waals surface area contributed by atoms with Crippen molar-refractivity contribution in [2.75, 3.05) is 0 Å². The molecule has 3 heteroatoms. The van der Waals surface area contributed by atoms with Crippen LogP contribution in [0.4, 0.5) is 0 Å². The van der Waals surface area contributed by atoms with Crippen molar-refractivity contribution in [1.82, 2.24) is 4.57 Å². The van der Waals surface area contributed by atoms with Crippen LogP contribution in [-0.4, -0.2) is 12.6 Å². The molecule has 2 nitrogen and oxygen atoms in total. The predicted molar refractivity (Wildman–Crippen MR) is 260 cm³/mol. The summed E-state index contributed by atoms with van der Waals surface area (Å²) in [7, 11) is -3.31. The molecule has 0 fully saturated rings. The van der Waals surface area contributed by atoms with Crippen molar-refractivity contribution in [1.29, 1.82) is 0 Å². The highest BCUT2D eigenvalue weighted by molar-refractivity contribution is 7.20. The maximum atomic E-state index is 7.87. The zero-order chi connectivity index (χ0) is 41.9. The lowest BCUT2D eigenvalue weighted by Crippen LogP contribution is -2.77. The molecule has 12 rings (SSSR count). The predicted octanol–water partition coefficient (Wildman–Crippen LogP) is 11.0. The second-order valence-electron chi connectivity index (χ2n) is 16.7. The average molecular weight is 822 g/mol. The number of ether oxygens (including phenoxy) is 1. The van der Waals surface area contributed by atoms with E-state index in [1.54, 1.807) is 0 Å². The number of fused-ring (bicyclic) bond motifs is 5. The van der Waals surface area contributed by atoms with Gasteiger partial charge in [-0.1, -0.05) is 243 Å². The van der Waals surface area contributed by atoms with E-state index in [2.05, 4.69) is 265 Å². The van der Waals surface area contributed by atoms with Crippen molar-refractivity contribution >= 4 is 29.0 Å². The van der Waals surface area contributed by atoms with Gasteiger partial charge >= 0.3 is 0 Å². The molecule has 9 aromatic carbocycles. The number of para-hydroxylation sites is 2. The van der Waals surface area contributed by atoms with Gasteiger partial charge in [-0.05, 0) is 67.1 Å². The molecule has 1 aliphatic heterocycles. The van der Waals surface area contributed by atoms with Gasteiger partial charge in [-0.25, -0.2) is 0 Å². The molecular weight excluding hydrogens is 779 g/mol. The maximum Gasteiger partial charge on any atom is 0.208 e. The van der Waals surface area contributed by atoms with Gasteiger partial charge < -0.3 is 9.30 Å². The first-order chi connectivity index (χ1) is 31.3. The van der Waals surface area contributed by atoms with E-state index in [1.165, 1.54) is 60.0 Å². The van der Waals surface area contributed by atoms with E-state index in [9.17, 15) is 0 Å². The van der Waals surface area contributed by atoms with Crippen LogP contribution in [0.2, 0.25) is 0 Å². The Morgan fingerprint density at radius 3 is 1.19 bits per heavy atom. The second kappa shape index (κ2) is 14.7. The van der Waals surface area contributed by atoms with E-state index in [0.717, 1.165) is 22.7 Å². The first kappa shape index (κ1) is 37.1. The molecule has 0 unspecified atom stereocenters. The van der Waals surface area contributed by atoms with Crippen molar-refractivity contribution in [3.8, 4) is 17.2 Å². The third-order valence-electron chi connectivity index (χ3n) is 13.7. The van der Waals surface area contributed by atoms with Gasteiger partial charge in [0, 0.05) is 11.3 Å². The fourth-order valence-corrected chi connectivity index (χ4v) is 16.5. The Labute approximate surface area is 370 Å². The number of nitrogens with zero attached hydrogens (tertiary/aromatic N) is 1. The summed E-state index contributed by atoms with van der Waals surface area (Å²) in [5, 5.41) is 5.03. The smallest absolute Gasteiger partial charge is 0.208 e. The Balaban J connectivity index is 1.44. The van der Waals surface area contributed by atoms with E-state index in [0.29, 0.717) is 0 Å². The van der Waals surface area contributed by atoms with E-state index >= 15 is 0 Å². The minimum absolute atomic E-state index is 0.822. The van der Waals surface area contributed by atoms with Crippen LogP contribution in [0.5, 0.6) is 11.5 Å². The van der Waals surface area contributed by atoms with Gasteiger partial charge in [-0.15, -0.1) is 0 Å². The summed E-state index contributed by atoms with van der Waals surface area (Å²) in [5.41, 5.74) is 8.98. The third-order valence-corrected chi connectivity index (χ3v) is 18.5. The van der Waals surface area contributed by atoms with Crippen molar-refractivity contribution in [3.63, 3.8) is 0 Å². The summed E-state index contributed by atoms with van der Waals surface area (Å²) >= 11 is 0. The Hall–Kier alpha value is -7.72. The number of aromatic nitrogens is 1. The SMILES string of the molecule is c1ccc(-n2c3c(c4c2[Si](c2ccccc2)(c2ccccc2)c2ccccc2O4)C(c2ccccc2)(c2ccccc2)c2ccccc2C3(c2ccccc2)c2ccccc2)cc1. The van der Waals surface area contributed by atoms with E-state index in [4.69, 9.17) is 4.74 Å². The summed E-state index contributed by atoms with van der Waals surface area (Å²) < 4.78 is 10.6. The van der Waals surface area contributed by atoms with Gasteiger partial charge in [0.25, 0.3) is 0 Å².